The van der Waals surface area contributed by atoms with Gasteiger partial charge in [-0.15, -0.1) is 0 Å². The van der Waals surface area contributed by atoms with E-state index in [1.807, 2.05) is 18.2 Å². The van der Waals surface area contributed by atoms with Gasteiger partial charge in [-0.25, -0.2) is 14.0 Å². The van der Waals surface area contributed by atoms with E-state index in [4.69, 9.17) is 30.0 Å². The molecule has 1 unspecified atom stereocenters. The predicted molar refractivity (Wildman–Crippen MR) is 93.4 cm³/mol. The van der Waals surface area contributed by atoms with Crippen LogP contribution in [0.25, 0.3) is 11.0 Å². The second-order valence-corrected chi connectivity index (χ2v) is 5.57. The summed E-state index contributed by atoms with van der Waals surface area (Å²) >= 11 is 0. The molecule has 0 fully saturated rings. The molecule has 0 aliphatic heterocycles. The predicted octanol–water partition coefficient (Wildman–Crippen LogP) is 3.01. The van der Waals surface area contributed by atoms with Crippen LogP contribution in [0.5, 0.6) is 0 Å². The number of rotatable bonds is 4. The lowest BCUT2D eigenvalue weighted by Gasteiger charge is -2.16. The first-order valence-corrected chi connectivity index (χ1v) is 7.79. The van der Waals surface area contributed by atoms with Gasteiger partial charge in [-0.3, -0.25) is 0 Å². The van der Waals surface area contributed by atoms with Crippen molar-refractivity contribution in [3.05, 3.63) is 71.7 Å². The summed E-state index contributed by atoms with van der Waals surface area (Å²) in [5, 5.41) is 15.6. The van der Waals surface area contributed by atoms with Crippen LogP contribution in [-0.4, -0.2) is 28.7 Å². The number of furan rings is 1. The molecule has 0 radical (unpaired) electrons. The maximum absolute atomic E-state index is 13.7. The van der Waals surface area contributed by atoms with Crippen LogP contribution < -0.4 is 5.73 Å². The van der Waals surface area contributed by atoms with E-state index in [1.54, 1.807) is 12.3 Å². The molecule has 6 nitrogen and oxygen atoms in total. The SMILES string of the molecule is NCC(Cc1ccccc1)c1cc(F)cc2ccoc12.O=C(O)C(=O)O. The molecule has 1 aromatic heterocycles. The van der Waals surface area contributed by atoms with Crippen LogP contribution in [0.2, 0.25) is 0 Å². The number of nitrogens with two attached hydrogens (primary N) is 1. The highest BCUT2D eigenvalue weighted by molar-refractivity contribution is 6.27. The number of aliphatic carboxylic acids is 2. The summed E-state index contributed by atoms with van der Waals surface area (Å²) in [6, 6.07) is 14.9. The third kappa shape index (κ3) is 4.90. The fourth-order valence-electron chi connectivity index (χ4n) is 2.59. The van der Waals surface area contributed by atoms with Crippen LogP contribution >= 0.6 is 0 Å². The zero-order chi connectivity index (χ0) is 19.1. The summed E-state index contributed by atoms with van der Waals surface area (Å²) < 4.78 is 19.2. The summed E-state index contributed by atoms with van der Waals surface area (Å²) in [6.45, 7) is 0.453. The molecule has 1 heterocycles. The number of carboxylic acid groups (broad SMARTS) is 2. The Hall–Kier alpha value is -3.19. The Bertz CT molecular complexity index is 879. The Balaban J connectivity index is 0.000000352. The van der Waals surface area contributed by atoms with Crippen molar-refractivity contribution in [1.29, 1.82) is 0 Å². The number of carboxylic acids is 2. The highest BCUT2D eigenvalue weighted by atomic mass is 19.1. The Morgan fingerprint density at radius 3 is 2.31 bits per heavy atom. The molecule has 0 spiro atoms. The first-order valence-electron chi connectivity index (χ1n) is 7.79. The Morgan fingerprint density at radius 1 is 1.08 bits per heavy atom. The van der Waals surface area contributed by atoms with Gasteiger partial charge in [0.15, 0.2) is 0 Å². The van der Waals surface area contributed by atoms with Crippen molar-refractivity contribution in [2.24, 2.45) is 5.73 Å². The topological polar surface area (TPSA) is 114 Å². The van der Waals surface area contributed by atoms with E-state index in [1.165, 1.54) is 17.7 Å². The standard InChI is InChI=1S/C17H16FNO.C2H2O4/c18-15-9-13-6-7-20-17(13)16(10-15)14(11-19)8-12-4-2-1-3-5-12;3-1(4)2(5)6/h1-7,9-10,14H,8,11,19H2;(H,3,4)(H,5,6). The molecular weight excluding hydrogens is 341 g/mol. The van der Waals surface area contributed by atoms with E-state index in [2.05, 4.69) is 12.1 Å². The molecule has 136 valence electrons. The molecule has 1 atom stereocenters. The molecule has 0 saturated carbocycles. The molecule has 7 heteroatoms. The summed E-state index contributed by atoms with van der Waals surface area (Å²) in [5.74, 6) is -3.85. The summed E-state index contributed by atoms with van der Waals surface area (Å²) in [5.41, 5.74) is 8.66. The number of carbonyl (C=O) groups is 2. The maximum atomic E-state index is 13.7. The van der Waals surface area contributed by atoms with Gasteiger partial charge in [0.2, 0.25) is 0 Å². The van der Waals surface area contributed by atoms with Gasteiger partial charge in [-0.05, 0) is 36.7 Å². The minimum atomic E-state index is -1.82. The van der Waals surface area contributed by atoms with Crippen molar-refractivity contribution < 1.29 is 28.6 Å². The van der Waals surface area contributed by atoms with E-state index < -0.39 is 11.9 Å². The van der Waals surface area contributed by atoms with Gasteiger partial charge in [0.05, 0.1) is 6.26 Å². The van der Waals surface area contributed by atoms with Crippen molar-refractivity contribution in [3.63, 3.8) is 0 Å². The average molecular weight is 359 g/mol. The molecule has 0 aliphatic rings. The molecule has 0 aliphatic carbocycles. The summed E-state index contributed by atoms with van der Waals surface area (Å²) in [4.78, 5) is 18.2. The van der Waals surface area contributed by atoms with Crippen LogP contribution in [0, 0.1) is 5.82 Å². The first-order chi connectivity index (χ1) is 12.4. The lowest BCUT2D eigenvalue weighted by molar-refractivity contribution is -0.159. The molecule has 0 saturated heterocycles. The molecule has 26 heavy (non-hydrogen) atoms. The van der Waals surface area contributed by atoms with Gasteiger partial charge in [-0.1, -0.05) is 30.3 Å². The molecule has 3 aromatic rings. The third-order valence-corrected chi connectivity index (χ3v) is 3.78. The van der Waals surface area contributed by atoms with Crippen molar-refractivity contribution in [2.45, 2.75) is 12.3 Å². The lowest BCUT2D eigenvalue weighted by Crippen LogP contribution is -2.15. The van der Waals surface area contributed by atoms with E-state index in [-0.39, 0.29) is 11.7 Å². The van der Waals surface area contributed by atoms with Crippen LogP contribution in [-0.2, 0) is 16.0 Å². The maximum Gasteiger partial charge on any atom is 0.414 e. The third-order valence-electron chi connectivity index (χ3n) is 3.78. The molecule has 0 amide bonds. The lowest BCUT2D eigenvalue weighted by atomic mass is 9.91. The fourth-order valence-corrected chi connectivity index (χ4v) is 2.59. The average Bonchev–Trinajstić information content (AvgIpc) is 3.08. The molecule has 4 N–H and O–H groups in total. The second kappa shape index (κ2) is 8.77. The number of benzene rings is 2. The van der Waals surface area contributed by atoms with Gasteiger partial charge < -0.3 is 20.4 Å². The van der Waals surface area contributed by atoms with Gasteiger partial charge in [0.25, 0.3) is 0 Å². The Kier molecular flexibility index (Phi) is 6.46. The number of hydrogen-bond acceptors (Lipinski definition) is 4. The highest BCUT2D eigenvalue weighted by Gasteiger charge is 2.17. The summed E-state index contributed by atoms with van der Waals surface area (Å²) in [7, 11) is 0. The highest BCUT2D eigenvalue weighted by Crippen LogP contribution is 2.29. The molecule has 2 aromatic carbocycles. The van der Waals surface area contributed by atoms with Crippen molar-refractivity contribution in [1.82, 2.24) is 0 Å². The minimum Gasteiger partial charge on any atom is -0.473 e. The molecule has 3 rings (SSSR count). The summed E-state index contributed by atoms with van der Waals surface area (Å²) in [6.07, 6.45) is 2.36. The van der Waals surface area contributed by atoms with Crippen LogP contribution in [0.4, 0.5) is 4.39 Å². The first kappa shape index (κ1) is 19.1. The van der Waals surface area contributed by atoms with Crippen LogP contribution in [0.15, 0.2) is 59.2 Å². The quantitative estimate of drug-likeness (QED) is 0.617. The fraction of sp³-hybridized carbons (Fsp3) is 0.158. The molecule has 0 bridgehead atoms. The normalized spacial score (nSPS) is 11.5. The number of halogens is 1. The Morgan fingerprint density at radius 2 is 1.73 bits per heavy atom. The smallest absolute Gasteiger partial charge is 0.414 e. The van der Waals surface area contributed by atoms with Crippen LogP contribution in [0.1, 0.15) is 17.0 Å². The van der Waals surface area contributed by atoms with E-state index in [0.717, 1.165) is 23.0 Å². The zero-order valence-electron chi connectivity index (χ0n) is 13.8. The minimum absolute atomic E-state index is 0.0433. The van der Waals surface area contributed by atoms with Crippen LogP contribution in [0.3, 0.4) is 0 Å². The van der Waals surface area contributed by atoms with Crippen molar-refractivity contribution in [2.75, 3.05) is 6.54 Å². The zero-order valence-corrected chi connectivity index (χ0v) is 13.8. The van der Waals surface area contributed by atoms with E-state index in [9.17, 15) is 4.39 Å². The number of hydrogen-bond donors (Lipinski definition) is 3. The largest absolute Gasteiger partial charge is 0.473 e. The van der Waals surface area contributed by atoms with Gasteiger partial charge in [-0.2, -0.15) is 0 Å². The second-order valence-electron chi connectivity index (χ2n) is 5.57. The molecular formula is C19H18FNO5. The van der Waals surface area contributed by atoms with E-state index >= 15 is 0 Å². The van der Waals surface area contributed by atoms with Crippen molar-refractivity contribution >= 4 is 22.9 Å². The van der Waals surface area contributed by atoms with Gasteiger partial charge in [0, 0.05) is 16.9 Å². The number of fused-ring (bicyclic) bond motifs is 1. The van der Waals surface area contributed by atoms with Crippen molar-refractivity contribution in [3.8, 4) is 0 Å². The van der Waals surface area contributed by atoms with Gasteiger partial charge in [0.1, 0.15) is 11.4 Å². The van der Waals surface area contributed by atoms with Gasteiger partial charge >= 0.3 is 11.9 Å². The van der Waals surface area contributed by atoms with E-state index in [0.29, 0.717) is 6.54 Å². The Labute approximate surface area is 148 Å². The monoisotopic (exact) mass is 359 g/mol.